The molecule has 1 aromatic carbocycles. The van der Waals surface area contributed by atoms with Gasteiger partial charge < -0.3 is 10.3 Å². The number of thioether (sulfide) groups is 2. The molecule has 2 rings (SSSR count). The van der Waals surface area contributed by atoms with Crippen molar-refractivity contribution in [2.45, 2.75) is 43.4 Å². The van der Waals surface area contributed by atoms with Crippen molar-refractivity contribution in [2.75, 3.05) is 11.1 Å². The molecule has 0 aliphatic heterocycles. The molecule has 1 heterocycles. The molecule has 5 nitrogen and oxygen atoms in total. The molecular weight excluding hydrogens is 390 g/mol. The lowest BCUT2D eigenvalue weighted by atomic mass is 10.2. The number of nitrogens with one attached hydrogen (secondary N) is 2. The van der Waals surface area contributed by atoms with Crippen LogP contribution in [-0.2, 0) is 10.5 Å². The Balaban J connectivity index is 2.10. The maximum Gasteiger partial charge on any atom is 0.251 e. The van der Waals surface area contributed by atoms with Crippen LogP contribution >= 0.6 is 35.1 Å². The molecule has 1 aromatic heterocycles. The molecule has 1 atom stereocenters. The highest BCUT2D eigenvalue weighted by Crippen LogP contribution is 2.25. The summed E-state index contributed by atoms with van der Waals surface area (Å²) in [5.74, 6) is 1.49. The predicted molar refractivity (Wildman–Crippen MR) is 111 cm³/mol. The number of carbonyl (C=O) groups is 1. The first kappa shape index (κ1) is 20.9. The van der Waals surface area contributed by atoms with Gasteiger partial charge in [0.1, 0.15) is 0 Å². The normalized spacial score (nSPS) is 12.0. The quantitative estimate of drug-likeness (QED) is 0.494. The van der Waals surface area contributed by atoms with Gasteiger partial charge in [-0.25, -0.2) is 4.98 Å². The van der Waals surface area contributed by atoms with Crippen LogP contribution in [0, 0.1) is 6.92 Å². The second kappa shape index (κ2) is 10.0. The second-order valence-corrected chi connectivity index (χ2v) is 8.52. The van der Waals surface area contributed by atoms with Crippen molar-refractivity contribution in [3.63, 3.8) is 0 Å². The lowest BCUT2D eigenvalue weighted by Crippen LogP contribution is -2.25. The third-order valence-corrected chi connectivity index (χ3v) is 6.15. The first-order valence-corrected chi connectivity index (χ1v) is 10.8. The van der Waals surface area contributed by atoms with Crippen molar-refractivity contribution in [3.05, 3.63) is 50.9 Å². The second-order valence-electron chi connectivity index (χ2n) is 5.65. The van der Waals surface area contributed by atoms with Gasteiger partial charge in [-0.05, 0) is 36.8 Å². The van der Waals surface area contributed by atoms with Crippen LogP contribution in [0.25, 0.3) is 0 Å². The van der Waals surface area contributed by atoms with Gasteiger partial charge in [0.25, 0.3) is 5.56 Å². The molecule has 0 radical (unpaired) electrons. The smallest absolute Gasteiger partial charge is 0.251 e. The predicted octanol–water partition coefficient (Wildman–Crippen LogP) is 4.49. The molecule has 1 amide bonds. The van der Waals surface area contributed by atoms with Crippen molar-refractivity contribution in [1.29, 1.82) is 0 Å². The number of aromatic amines is 1. The highest BCUT2D eigenvalue weighted by atomic mass is 35.5. The van der Waals surface area contributed by atoms with E-state index in [1.54, 1.807) is 17.8 Å². The van der Waals surface area contributed by atoms with Gasteiger partial charge >= 0.3 is 0 Å². The summed E-state index contributed by atoms with van der Waals surface area (Å²) in [6.07, 6.45) is 0.605. The van der Waals surface area contributed by atoms with E-state index in [0.29, 0.717) is 28.0 Å². The van der Waals surface area contributed by atoms with E-state index in [4.69, 9.17) is 11.6 Å². The molecule has 0 aliphatic rings. The molecule has 0 saturated carbocycles. The number of hydrogen-bond acceptors (Lipinski definition) is 5. The number of carbonyl (C=O) groups excluding carboxylic acids is 1. The lowest BCUT2D eigenvalue weighted by molar-refractivity contribution is -0.115. The molecule has 8 heteroatoms. The molecule has 0 fully saturated rings. The van der Waals surface area contributed by atoms with Crippen molar-refractivity contribution in [3.8, 4) is 0 Å². The molecule has 140 valence electrons. The Morgan fingerprint density at radius 1 is 1.35 bits per heavy atom. The van der Waals surface area contributed by atoms with Crippen LogP contribution in [0.1, 0.15) is 31.5 Å². The Bertz CT molecular complexity index is 826. The molecule has 2 N–H and O–H groups in total. The summed E-state index contributed by atoms with van der Waals surface area (Å²) in [6, 6.07) is 6.91. The molecular formula is C18H22ClN3O2S2. The number of H-pyrrole nitrogens is 1. The van der Waals surface area contributed by atoms with E-state index < -0.39 is 0 Å². The third kappa shape index (κ3) is 6.07. The van der Waals surface area contributed by atoms with Crippen LogP contribution < -0.4 is 10.9 Å². The molecule has 26 heavy (non-hydrogen) atoms. The van der Waals surface area contributed by atoms with Gasteiger partial charge in [0.05, 0.1) is 10.9 Å². The average Bonchev–Trinajstić information content (AvgIpc) is 2.60. The summed E-state index contributed by atoms with van der Waals surface area (Å²) in [5, 5.41) is 3.58. The third-order valence-electron chi connectivity index (χ3n) is 3.58. The number of hydrogen-bond donors (Lipinski definition) is 2. The van der Waals surface area contributed by atoms with Gasteiger partial charge in [0.15, 0.2) is 5.16 Å². The van der Waals surface area contributed by atoms with Crippen LogP contribution in [0.15, 0.2) is 34.2 Å². The number of rotatable bonds is 8. The number of halogens is 1. The molecule has 0 spiro atoms. The fourth-order valence-corrected chi connectivity index (χ4v) is 3.84. The van der Waals surface area contributed by atoms with Crippen LogP contribution in [0.2, 0.25) is 5.02 Å². The minimum absolute atomic E-state index is 0.145. The van der Waals surface area contributed by atoms with Gasteiger partial charge in [-0.3, -0.25) is 9.59 Å². The highest BCUT2D eigenvalue weighted by molar-refractivity contribution is 8.00. The van der Waals surface area contributed by atoms with E-state index in [1.807, 2.05) is 26.0 Å². The summed E-state index contributed by atoms with van der Waals surface area (Å²) in [5.41, 5.74) is 2.13. The summed E-state index contributed by atoms with van der Waals surface area (Å²) in [6.45, 7) is 5.89. The number of amides is 1. The van der Waals surface area contributed by atoms with E-state index in [9.17, 15) is 9.59 Å². The Morgan fingerprint density at radius 2 is 2.12 bits per heavy atom. The highest BCUT2D eigenvalue weighted by Gasteiger charge is 2.20. The van der Waals surface area contributed by atoms with Crippen molar-refractivity contribution < 1.29 is 4.79 Å². The summed E-state index contributed by atoms with van der Waals surface area (Å²) in [7, 11) is 0. The maximum absolute atomic E-state index is 12.6. The summed E-state index contributed by atoms with van der Waals surface area (Å²) in [4.78, 5) is 31.6. The first-order valence-electron chi connectivity index (χ1n) is 8.34. The zero-order valence-corrected chi connectivity index (χ0v) is 17.4. The van der Waals surface area contributed by atoms with E-state index in [1.165, 1.54) is 17.8 Å². The monoisotopic (exact) mass is 411 g/mol. The number of anilines is 1. The van der Waals surface area contributed by atoms with Crippen LogP contribution in [0.5, 0.6) is 0 Å². The number of nitrogens with zero attached hydrogens (tertiary/aromatic N) is 1. The molecule has 0 saturated heterocycles. The number of aromatic nitrogens is 2. The maximum atomic E-state index is 12.6. The Morgan fingerprint density at radius 3 is 2.77 bits per heavy atom. The minimum atomic E-state index is -0.368. The van der Waals surface area contributed by atoms with Crippen LogP contribution in [0.4, 0.5) is 5.69 Å². The van der Waals surface area contributed by atoms with Crippen LogP contribution in [0.3, 0.4) is 0 Å². The van der Waals surface area contributed by atoms with Gasteiger partial charge in [0.2, 0.25) is 5.91 Å². The van der Waals surface area contributed by atoms with Gasteiger partial charge in [-0.1, -0.05) is 43.3 Å². The number of aryl methyl sites for hydroxylation is 1. The Kier molecular flexibility index (Phi) is 8.06. The van der Waals surface area contributed by atoms with E-state index in [-0.39, 0.29) is 16.7 Å². The molecule has 0 aliphatic carbocycles. The van der Waals surface area contributed by atoms with Crippen molar-refractivity contribution in [2.24, 2.45) is 0 Å². The van der Waals surface area contributed by atoms with Gasteiger partial charge in [-0.15, -0.1) is 0 Å². The SMILES string of the molecule is CCSCc1cc(=O)[nH]c(SC(CC)C(=O)Nc2ccc(C)c(Cl)c2)n1. The minimum Gasteiger partial charge on any atom is -0.325 e. The fraction of sp³-hybridized carbons (Fsp3) is 0.389. The molecule has 0 bridgehead atoms. The summed E-state index contributed by atoms with van der Waals surface area (Å²) >= 11 is 9.07. The molecule has 1 unspecified atom stereocenters. The van der Waals surface area contributed by atoms with Crippen LogP contribution in [-0.4, -0.2) is 26.9 Å². The summed E-state index contributed by atoms with van der Waals surface area (Å²) < 4.78 is 0. The van der Waals surface area contributed by atoms with Crippen molar-refractivity contribution in [1.82, 2.24) is 9.97 Å². The molecule has 2 aromatic rings. The van der Waals surface area contributed by atoms with E-state index in [0.717, 1.165) is 17.0 Å². The van der Waals surface area contributed by atoms with Gasteiger partial charge in [-0.2, -0.15) is 11.8 Å². The average molecular weight is 412 g/mol. The first-order chi connectivity index (χ1) is 12.4. The topological polar surface area (TPSA) is 74.8 Å². The Labute approximate surface area is 166 Å². The largest absolute Gasteiger partial charge is 0.325 e. The standard InChI is InChI=1S/C18H22ClN3O2S2/c1-4-15(17(24)20-12-7-6-11(3)14(19)8-12)26-18-21-13(10-25-5-2)9-16(23)22-18/h6-9,15H,4-5,10H2,1-3H3,(H,20,24)(H,21,22,23). The van der Waals surface area contributed by atoms with Crippen molar-refractivity contribution >= 4 is 46.7 Å². The lowest BCUT2D eigenvalue weighted by Gasteiger charge is -2.15. The van der Waals surface area contributed by atoms with E-state index in [2.05, 4.69) is 22.2 Å². The zero-order chi connectivity index (χ0) is 19.1. The zero-order valence-electron chi connectivity index (χ0n) is 15.0. The fourth-order valence-electron chi connectivity index (χ4n) is 2.17. The number of benzene rings is 1. The Hall–Kier alpha value is -1.44. The van der Waals surface area contributed by atoms with Gasteiger partial charge in [0, 0.05) is 22.5 Å². The van der Waals surface area contributed by atoms with E-state index >= 15 is 0 Å².